The van der Waals surface area contributed by atoms with Crippen molar-refractivity contribution in [3.63, 3.8) is 0 Å². The van der Waals surface area contributed by atoms with Crippen LogP contribution in [0.2, 0.25) is 0 Å². The van der Waals surface area contributed by atoms with E-state index in [0.717, 1.165) is 37.2 Å². The highest BCUT2D eigenvalue weighted by molar-refractivity contribution is 5.81. The van der Waals surface area contributed by atoms with Gasteiger partial charge in [-0.3, -0.25) is 19.8 Å². The lowest BCUT2D eigenvalue weighted by Crippen LogP contribution is -2.53. The minimum Gasteiger partial charge on any atom is -0.465 e. The third-order valence-electron chi connectivity index (χ3n) is 8.74. The van der Waals surface area contributed by atoms with Gasteiger partial charge >= 0.3 is 6.09 Å². The molecule has 2 aromatic rings. The predicted molar refractivity (Wildman–Crippen MR) is 165 cm³/mol. The summed E-state index contributed by atoms with van der Waals surface area (Å²) in [5.74, 6) is 0.0885. The number of benzene rings is 2. The third kappa shape index (κ3) is 7.80. The summed E-state index contributed by atoms with van der Waals surface area (Å²) >= 11 is 0. The van der Waals surface area contributed by atoms with E-state index in [0.29, 0.717) is 32.2 Å². The van der Waals surface area contributed by atoms with E-state index in [1.54, 1.807) is 23.1 Å². The van der Waals surface area contributed by atoms with Gasteiger partial charge in [0, 0.05) is 49.8 Å². The second kappa shape index (κ2) is 13.7. The Hall–Kier alpha value is -3.76. The molecule has 2 saturated heterocycles. The molecule has 0 radical (unpaired) electrons. The summed E-state index contributed by atoms with van der Waals surface area (Å²) < 4.78 is 6.53. The SMILES string of the molecule is C=CC(Cc1ccc([N+](=O)[O-])cc1)N(C(=O)O)C1CCN(CCC2(c3ccccc3)CCN(C(=O)C(C)(C)C)CO2)CC1. The van der Waals surface area contributed by atoms with Gasteiger partial charge in [-0.1, -0.05) is 69.3 Å². The minimum absolute atomic E-state index is 0.00441. The highest BCUT2D eigenvalue weighted by atomic mass is 16.6. The number of hydrogen-bond donors (Lipinski definition) is 1. The monoisotopic (exact) mass is 592 g/mol. The molecule has 43 heavy (non-hydrogen) atoms. The number of non-ortho nitro benzene ring substituents is 1. The zero-order chi connectivity index (χ0) is 31.2. The van der Waals surface area contributed by atoms with Crippen LogP contribution >= 0.6 is 0 Å². The van der Waals surface area contributed by atoms with Crippen LogP contribution in [0.25, 0.3) is 0 Å². The van der Waals surface area contributed by atoms with Crippen LogP contribution in [0, 0.1) is 15.5 Å². The van der Waals surface area contributed by atoms with Crippen LogP contribution in [0.15, 0.2) is 67.3 Å². The molecule has 1 N–H and O–H groups in total. The van der Waals surface area contributed by atoms with Crippen LogP contribution in [0.3, 0.4) is 0 Å². The molecular formula is C33H44N4O6. The van der Waals surface area contributed by atoms with Crippen molar-refractivity contribution >= 4 is 17.7 Å². The van der Waals surface area contributed by atoms with Crippen LogP contribution in [0.5, 0.6) is 0 Å². The van der Waals surface area contributed by atoms with E-state index in [2.05, 4.69) is 23.6 Å². The van der Waals surface area contributed by atoms with E-state index < -0.39 is 28.1 Å². The van der Waals surface area contributed by atoms with Crippen molar-refractivity contribution in [1.29, 1.82) is 0 Å². The maximum absolute atomic E-state index is 12.9. The lowest BCUT2D eigenvalue weighted by atomic mass is 9.85. The number of nitro groups is 1. The van der Waals surface area contributed by atoms with E-state index in [1.807, 2.05) is 39.0 Å². The van der Waals surface area contributed by atoms with Gasteiger partial charge < -0.3 is 19.6 Å². The molecule has 0 aromatic heterocycles. The maximum atomic E-state index is 12.9. The summed E-state index contributed by atoms with van der Waals surface area (Å²) in [5, 5.41) is 21.2. The lowest BCUT2D eigenvalue weighted by Gasteiger charge is -2.45. The average molecular weight is 593 g/mol. The molecule has 2 atom stereocenters. The topological polar surface area (TPSA) is 116 Å². The van der Waals surface area contributed by atoms with Gasteiger partial charge in [-0.15, -0.1) is 6.58 Å². The number of carboxylic acid groups (broad SMARTS) is 1. The molecule has 0 spiro atoms. The van der Waals surface area contributed by atoms with E-state index in [1.165, 1.54) is 17.0 Å². The van der Waals surface area contributed by atoms with Crippen molar-refractivity contribution in [3.05, 3.63) is 88.5 Å². The standard InChI is InChI=1S/C33H44N4O6/c1-5-27(23-25-11-13-29(14-12-25)37(41)42)36(31(39)40)28-15-19-34(20-16-28)21-17-33(26-9-7-6-8-10-26)18-22-35(24-43-33)30(38)32(2,3)4/h5-14,27-28H,1,15-24H2,2-4H3,(H,39,40). The van der Waals surface area contributed by atoms with Crippen molar-refractivity contribution in [2.45, 2.75) is 70.6 Å². The molecule has 2 fully saturated rings. The number of hydrogen-bond acceptors (Lipinski definition) is 6. The Balaban J connectivity index is 1.37. The maximum Gasteiger partial charge on any atom is 0.408 e. The number of piperidine rings is 1. The van der Waals surface area contributed by atoms with Gasteiger partial charge in [0.1, 0.15) is 6.73 Å². The smallest absolute Gasteiger partial charge is 0.408 e. The largest absolute Gasteiger partial charge is 0.465 e. The fourth-order valence-corrected chi connectivity index (χ4v) is 6.22. The summed E-state index contributed by atoms with van der Waals surface area (Å²) in [5.41, 5.74) is 0.991. The first-order valence-corrected chi connectivity index (χ1v) is 15.0. The summed E-state index contributed by atoms with van der Waals surface area (Å²) in [4.78, 5) is 41.5. The fraction of sp³-hybridized carbons (Fsp3) is 0.515. The molecule has 2 amide bonds. The Bertz CT molecular complexity index is 1260. The van der Waals surface area contributed by atoms with Crippen molar-refractivity contribution in [2.75, 3.05) is 32.9 Å². The summed E-state index contributed by atoms with van der Waals surface area (Å²) in [6, 6.07) is 15.9. The minimum atomic E-state index is -0.988. The number of carbonyl (C=O) groups excluding carboxylic acids is 1. The summed E-state index contributed by atoms with van der Waals surface area (Å²) in [6.07, 6.45) is 3.95. The van der Waals surface area contributed by atoms with Gasteiger partial charge in [0.05, 0.1) is 16.6 Å². The van der Waals surface area contributed by atoms with E-state index in [4.69, 9.17) is 4.74 Å². The second-order valence-corrected chi connectivity index (χ2v) is 12.6. The van der Waals surface area contributed by atoms with E-state index in [-0.39, 0.29) is 24.4 Å². The van der Waals surface area contributed by atoms with Gasteiger partial charge in [0.15, 0.2) is 0 Å². The zero-order valence-electron chi connectivity index (χ0n) is 25.5. The highest BCUT2D eigenvalue weighted by Crippen LogP contribution is 2.38. The van der Waals surface area contributed by atoms with Gasteiger partial charge in [0.2, 0.25) is 5.91 Å². The van der Waals surface area contributed by atoms with Crippen molar-refractivity contribution in [3.8, 4) is 0 Å². The second-order valence-electron chi connectivity index (χ2n) is 12.6. The molecule has 0 saturated carbocycles. The van der Waals surface area contributed by atoms with E-state index in [9.17, 15) is 24.8 Å². The Morgan fingerprint density at radius 2 is 1.79 bits per heavy atom. The number of rotatable bonds is 10. The van der Waals surface area contributed by atoms with Crippen LogP contribution in [0.4, 0.5) is 10.5 Å². The molecule has 232 valence electrons. The Kier molecular flexibility index (Phi) is 10.2. The first-order chi connectivity index (χ1) is 20.4. The third-order valence-corrected chi connectivity index (χ3v) is 8.74. The van der Waals surface area contributed by atoms with Crippen LogP contribution in [-0.2, 0) is 21.6 Å². The molecule has 10 heteroatoms. The number of ether oxygens (including phenoxy) is 1. The van der Waals surface area contributed by atoms with Crippen LogP contribution in [0.1, 0.15) is 57.6 Å². The lowest BCUT2D eigenvalue weighted by molar-refractivity contribution is -0.384. The number of nitrogens with zero attached hydrogens (tertiary/aromatic N) is 4. The number of carbonyl (C=O) groups is 2. The molecule has 10 nitrogen and oxygen atoms in total. The number of likely N-dealkylation sites (tertiary alicyclic amines) is 1. The zero-order valence-corrected chi connectivity index (χ0v) is 25.5. The molecule has 4 rings (SSSR count). The van der Waals surface area contributed by atoms with Gasteiger partial charge in [-0.05, 0) is 43.2 Å². The molecule has 2 aromatic carbocycles. The average Bonchev–Trinajstić information content (AvgIpc) is 3.00. The summed E-state index contributed by atoms with van der Waals surface area (Å²) in [7, 11) is 0. The molecule has 0 bridgehead atoms. The predicted octanol–water partition coefficient (Wildman–Crippen LogP) is 5.67. The number of amides is 2. The highest BCUT2D eigenvalue weighted by Gasteiger charge is 2.41. The molecular weight excluding hydrogens is 548 g/mol. The normalized spacial score (nSPS) is 20.8. The first kappa shape index (κ1) is 32.2. The van der Waals surface area contributed by atoms with Crippen LogP contribution in [-0.4, -0.2) is 81.7 Å². The molecule has 0 aliphatic carbocycles. The number of nitro benzene ring substituents is 1. The Morgan fingerprint density at radius 1 is 1.14 bits per heavy atom. The van der Waals surface area contributed by atoms with Crippen molar-refractivity contribution in [1.82, 2.24) is 14.7 Å². The molecule has 2 heterocycles. The van der Waals surface area contributed by atoms with Gasteiger partial charge in [-0.2, -0.15) is 0 Å². The van der Waals surface area contributed by atoms with Gasteiger partial charge in [0.25, 0.3) is 5.69 Å². The van der Waals surface area contributed by atoms with Crippen LogP contribution < -0.4 is 0 Å². The Morgan fingerprint density at radius 3 is 2.30 bits per heavy atom. The molecule has 2 aliphatic rings. The van der Waals surface area contributed by atoms with E-state index >= 15 is 0 Å². The van der Waals surface area contributed by atoms with Gasteiger partial charge in [-0.25, -0.2) is 4.79 Å². The van der Waals surface area contributed by atoms with Crippen molar-refractivity contribution < 1.29 is 24.4 Å². The molecule has 2 aliphatic heterocycles. The Labute approximate surface area is 254 Å². The van der Waals surface area contributed by atoms with Crippen molar-refractivity contribution in [2.24, 2.45) is 5.41 Å². The first-order valence-electron chi connectivity index (χ1n) is 15.0. The fourth-order valence-electron chi connectivity index (χ4n) is 6.22. The quantitative estimate of drug-likeness (QED) is 0.215. The molecule has 2 unspecified atom stereocenters. The summed E-state index contributed by atoms with van der Waals surface area (Å²) in [6.45, 7) is 12.9.